The Balaban J connectivity index is 2.11. The van der Waals surface area contributed by atoms with E-state index < -0.39 is 0 Å². The summed E-state index contributed by atoms with van der Waals surface area (Å²) in [6.07, 6.45) is 5.26. The minimum atomic E-state index is 0.368. The van der Waals surface area contributed by atoms with E-state index >= 15 is 0 Å². The van der Waals surface area contributed by atoms with Crippen LogP contribution >= 0.6 is 0 Å². The van der Waals surface area contributed by atoms with Crippen molar-refractivity contribution in [3.05, 3.63) is 53.3 Å². The van der Waals surface area contributed by atoms with Crippen LogP contribution in [0.15, 0.2) is 36.7 Å². The van der Waals surface area contributed by atoms with Crippen molar-refractivity contribution in [1.29, 1.82) is 0 Å². The van der Waals surface area contributed by atoms with Crippen LogP contribution in [0, 0.1) is 6.92 Å². The van der Waals surface area contributed by atoms with Gasteiger partial charge in [-0.3, -0.25) is 9.78 Å². The van der Waals surface area contributed by atoms with Gasteiger partial charge >= 0.3 is 0 Å². The number of carbonyl (C=O) groups is 1. The van der Waals surface area contributed by atoms with E-state index in [-0.39, 0.29) is 0 Å². The average Bonchev–Trinajstić information content (AvgIpc) is 2.51. The molecule has 0 bridgehead atoms. The Hall–Kier alpha value is -2.36. The molecular weight excluding hydrogens is 266 g/mol. The first-order valence-corrected chi connectivity index (χ1v) is 6.98. The maximum absolute atomic E-state index is 11.1. The Kier molecular flexibility index (Phi) is 5.32. The molecule has 0 N–H and O–H groups in total. The molecule has 1 heterocycles. The van der Waals surface area contributed by atoms with Crippen LogP contribution in [0.3, 0.4) is 0 Å². The molecule has 1 aromatic carbocycles. The Labute approximate surface area is 124 Å². The smallest absolute Gasteiger partial charge is 0.153 e. The molecule has 0 aliphatic heterocycles. The van der Waals surface area contributed by atoms with Gasteiger partial charge in [-0.05, 0) is 37.1 Å². The first kappa shape index (κ1) is 15.0. The van der Waals surface area contributed by atoms with Crippen molar-refractivity contribution in [1.82, 2.24) is 4.98 Å². The number of nitrogens with zero attached hydrogens (tertiary/aromatic N) is 1. The number of carbonyl (C=O) groups excluding carboxylic acids is 1. The maximum Gasteiger partial charge on any atom is 0.153 e. The first-order valence-electron chi connectivity index (χ1n) is 6.98. The third kappa shape index (κ3) is 4.31. The zero-order valence-electron chi connectivity index (χ0n) is 12.3. The fourth-order valence-electron chi connectivity index (χ4n) is 1.90. The number of benzene rings is 1. The molecule has 2 aromatic rings. The van der Waals surface area contributed by atoms with Crippen LogP contribution in [0.1, 0.15) is 34.8 Å². The Morgan fingerprint density at radius 2 is 2.05 bits per heavy atom. The predicted molar refractivity (Wildman–Crippen MR) is 80.9 cm³/mol. The summed E-state index contributed by atoms with van der Waals surface area (Å²) in [5.41, 5.74) is 2.55. The number of ether oxygens (including phenoxy) is 2. The van der Waals surface area contributed by atoms with Gasteiger partial charge in [0, 0.05) is 24.0 Å². The highest BCUT2D eigenvalue weighted by molar-refractivity contribution is 5.79. The van der Waals surface area contributed by atoms with Gasteiger partial charge < -0.3 is 9.47 Å². The van der Waals surface area contributed by atoms with Crippen molar-refractivity contribution < 1.29 is 14.3 Å². The van der Waals surface area contributed by atoms with E-state index in [1.54, 1.807) is 30.6 Å². The molecule has 0 unspecified atom stereocenters. The van der Waals surface area contributed by atoms with E-state index in [4.69, 9.17) is 9.47 Å². The zero-order valence-corrected chi connectivity index (χ0v) is 12.3. The average molecular weight is 285 g/mol. The topological polar surface area (TPSA) is 48.4 Å². The monoisotopic (exact) mass is 285 g/mol. The van der Waals surface area contributed by atoms with Gasteiger partial charge in [0.1, 0.15) is 18.1 Å². The predicted octanol–water partition coefficient (Wildman–Crippen LogP) is 3.57. The van der Waals surface area contributed by atoms with Gasteiger partial charge in [0.25, 0.3) is 0 Å². The van der Waals surface area contributed by atoms with E-state index in [1.807, 2.05) is 19.9 Å². The molecule has 0 saturated carbocycles. The highest BCUT2D eigenvalue weighted by Crippen LogP contribution is 2.25. The second kappa shape index (κ2) is 7.43. The molecule has 0 saturated heterocycles. The van der Waals surface area contributed by atoms with E-state index in [1.165, 1.54) is 0 Å². The standard InChI is InChI=1S/C17H19NO3/c1-3-6-20-16-5-4-15(11-19)17(8-16)21-12-14-7-13(2)9-18-10-14/h4-5,7-11H,3,6,12H2,1-2H3. The number of aryl methyl sites for hydroxylation is 1. The summed E-state index contributed by atoms with van der Waals surface area (Å²) in [7, 11) is 0. The molecule has 4 heteroatoms. The Bertz CT molecular complexity index is 611. The quantitative estimate of drug-likeness (QED) is 0.730. The Morgan fingerprint density at radius 3 is 2.76 bits per heavy atom. The van der Waals surface area contributed by atoms with Crippen LogP contribution in [0.5, 0.6) is 11.5 Å². The van der Waals surface area contributed by atoms with E-state index in [0.717, 1.165) is 23.8 Å². The van der Waals surface area contributed by atoms with Crippen molar-refractivity contribution >= 4 is 6.29 Å². The van der Waals surface area contributed by atoms with Gasteiger partial charge in [-0.25, -0.2) is 0 Å². The van der Waals surface area contributed by atoms with Crippen LogP contribution in [0.4, 0.5) is 0 Å². The molecule has 110 valence electrons. The lowest BCUT2D eigenvalue weighted by Crippen LogP contribution is -2.01. The van der Waals surface area contributed by atoms with Crippen molar-refractivity contribution in [2.75, 3.05) is 6.61 Å². The molecule has 0 spiro atoms. The highest BCUT2D eigenvalue weighted by atomic mass is 16.5. The molecule has 0 aliphatic carbocycles. The summed E-state index contributed by atoms with van der Waals surface area (Å²) in [5, 5.41) is 0. The van der Waals surface area contributed by atoms with Crippen molar-refractivity contribution in [3.8, 4) is 11.5 Å². The molecule has 0 amide bonds. The van der Waals surface area contributed by atoms with E-state index in [2.05, 4.69) is 4.98 Å². The molecule has 0 aliphatic rings. The van der Waals surface area contributed by atoms with Gasteiger partial charge in [0.2, 0.25) is 0 Å². The van der Waals surface area contributed by atoms with Gasteiger partial charge in [-0.15, -0.1) is 0 Å². The maximum atomic E-state index is 11.1. The van der Waals surface area contributed by atoms with Crippen molar-refractivity contribution in [3.63, 3.8) is 0 Å². The van der Waals surface area contributed by atoms with Gasteiger partial charge in [0.15, 0.2) is 6.29 Å². The van der Waals surface area contributed by atoms with Crippen LogP contribution in [-0.2, 0) is 6.61 Å². The lowest BCUT2D eigenvalue weighted by atomic mass is 10.2. The summed E-state index contributed by atoms with van der Waals surface area (Å²) in [4.78, 5) is 15.2. The molecule has 4 nitrogen and oxygen atoms in total. The molecule has 2 rings (SSSR count). The lowest BCUT2D eigenvalue weighted by molar-refractivity contribution is 0.111. The SMILES string of the molecule is CCCOc1ccc(C=O)c(OCc2cncc(C)c2)c1. The summed E-state index contributed by atoms with van der Waals surface area (Å²) < 4.78 is 11.3. The van der Waals surface area contributed by atoms with Crippen LogP contribution in [-0.4, -0.2) is 17.9 Å². The summed E-state index contributed by atoms with van der Waals surface area (Å²) in [6.45, 7) is 5.03. The largest absolute Gasteiger partial charge is 0.493 e. The lowest BCUT2D eigenvalue weighted by Gasteiger charge is -2.11. The number of hydrogen-bond acceptors (Lipinski definition) is 4. The summed E-state index contributed by atoms with van der Waals surface area (Å²) in [5.74, 6) is 1.24. The normalized spacial score (nSPS) is 10.2. The summed E-state index contributed by atoms with van der Waals surface area (Å²) in [6, 6.07) is 7.25. The third-order valence-corrected chi connectivity index (χ3v) is 2.91. The molecule has 1 aromatic heterocycles. The summed E-state index contributed by atoms with van der Waals surface area (Å²) >= 11 is 0. The third-order valence-electron chi connectivity index (χ3n) is 2.91. The fraction of sp³-hybridized carbons (Fsp3) is 0.294. The minimum Gasteiger partial charge on any atom is -0.493 e. The Morgan fingerprint density at radius 1 is 1.19 bits per heavy atom. The second-order valence-electron chi connectivity index (χ2n) is 4.83. The number of rotatable bonds is 7. The minimum absolute atomic E-state index is 0.368. The molecule has 21 heavy (non-hydrogen) atoms. The number of pyridine rings is 1. The van der Waals surface area contributed by atoms with Gasteiger partial charge in [-0.2, -0.15) is 0 Å². The van der Waals surface area contributed by atoms with E-state index in [0.29, 0.717) is 30.3 Å². The molecule has 0 atom stereocenters. The first-order chi connectivity index (χ1) is 10.2. The van der Waals surface area contributed by atoms with Gasteiger partial charge in [0.05, 0.1) is 12.2 Å². The van der Waals surface area contributed by atoms with Crippen LogP contribution in [0.2, 0.25) is 0 Å². The molecule has 0 fully saturated rings. The van der Waals surface area contributed by atoms with Crippen molar-refractivity contribution in [2.24, 2.45) is 0 Å². The zero-order chi connectivity index (χ0) is 15.1. The second-order valence-corrected chi connectivity index (χ2v) is 4.83. The van der Waals surface area contributed by atoms with Crippen molar-refractivity contribution in [2.45, 2.75) is 26.9 Å². The van der Waals surface area contributed by atoms with E-state index in [9.17, 15) is 4.79 Å². The van der Waals surface area contributed by atoms with Crippen LogP contribution in [0.25, 0.3) is 0 Å². The van der Waals surface area contributed by atoms with Gasteiger partial charge in [-0.1, -0.05) is 6.92 Å². The number of aldehydes is 1. The molecule has 0 radical (unpaired) electrons. The highest BCUT2D eigenvalue weighted by Gasteiger charge is 2.06. The number of hydrogen-bond donors (Lipinski definition) is 0. The van der Waals surface area contributed by atoms with Crippen LogP contribution < -0.4 is 9.47 Å². The number of aromatic nitrogens is 1. The fourth-order valence-corrected chi connectivity index (χ4v) is 1.90. The molecular formula is C17H19NO3.